The minimum atomic E-state index is -0.393. The molecule has 3 rings (SSSR count). The van der Waals surface area contributed by atoms with Crippen LogP contribution in [0.3, 0.4) is 0 Å². The summed E-state index contributed by atoms with van der Waals surface area (Å²) in [4.78, 5) is 12.3. The van der Waals surface area contributed by atoms with Gasteiger partial charge in [-0.05, 0) is 64.8 Å². The second-order valence-electron chi connectivity index (χ2n) is 5.08. The summed E-state index contributed by atoms with van der Waals surface area (Å²) in [5, 5.41) is 2.76. The fraction of sp³-hybridized carbons (Fsp3) is 0.0556. The van der Waals surface area contributed by atoms with E-state index in [1.165, 1.54) is 12.1 Å². The van der Waals surface area contributed by atoms with Crippen molar-refractivity contribution >= 4 is 27.5 Å². The molecule has 1 N–H and O–H groups in total. The number of furan rings is 1. The van der Waals surface area contributed by atoms with Gasteiger partial charge in [0.05, 0.1) is 11.3 Å². The molecule has 0 aliphatic carbocycles. The molecule has 0 saturated carbocycles. The Morgan fingerprint density at radius 2 is 1.91 bits per heavy atom. The van der Waals surface area contributed by atoms with Gasteiger partial charge in [0.25, 0.3) is 5.91 Å². The highest BCUT2D eigenvalue weighted by Gasteiger charge is 2.15. The molecule has 3 nitrogen and oxygen atoms in total. The molecule has 0 saturated heterocycles. The van der Waals surface area contributed by atoms with Crippen LogP contribution < -0.4 is 5.32 Å². The number of carbonyl (C=O) groups excluding carboxylic acids is 1. The zero-order chi connectivity index (χ0) is 16.4. The van der Waals surface area contributed by atoms with Gasteiger partial charge in [-0.1, -0.05) is 18.2 Å². The lowest BCUT2D eigenvalue weighted by atomic mass is 10.1. The van der Waals surface area contributed by atoms with Crippen molar-refractivity contribution < 1.29 is 13.6 Å². The SMILES string of the molecule is Cc1ccc(NC(=O)c2ccc(-c3ccccc3F)o2)c(Br)c1. The van der Waals surface area contributed by atoms with Gasteiger partial charge >= 0.3 is 0 Å². The van der Waals surface area contributed by atoms with Gasteiger partial charge in [-0.25, -0.2) is 4.39 Å². The summed E-state index contributed by atoms with van der Waals surface area (Å²) in [5.41, 5.74) is 2.04. The van der Waals surface area contributed by atoms with Crippen molar-refractivity contribution in [3.05, 3.63) is 76.2 Å². The van der Waals surface area contributed by atoms with Gasteiger partial charge in [-0.2, -0.15) is 0 Å². The molecule has 1 aromatic heterocycles. The number of aryl methyl sites for hydroxylation is 1. The molecule has 5 heteroatoms. The van der Waals surface area contributed by atoms with Gasteiger partial charge in [-0.3, -0.25) is 4.79 Å². The normalized spacial score (nSPS) is 10.6. The molecule has 23 heavy (non-hydrogen) atoms. The Balaban J connectivity index is 1.83. The highest BCUT2D eigenvalue weighted by atomic mass is 79.9. The monoisotopic (exact) mass is 373 g/mol. The van der Waals surface area contributed by atoms with E-state index in [4.69, 9.17) is 4.42 Å². The minimum Gasteiger partial charge on any atom is -0.451 e. The van der Waals surface area contributed by atoms with Gasteiger partial charge in [0, 0.05) is 4.47 Å². The lowest BCUT2D eigenvalue weighted by Gasteiger charge is -2.06. The number of halogens is 2. The van der Waals surface area contributed by atoms with E-state index in [0.717, 1.165) is 10.0 Å². The molecular weight excluding hydrogens is 361 g/mol. The van der Waals surface area contributed by atoms with E-state index in [-0.39, 0.29) is 5.76 Å². The molecule has 116 valence electrons. The molecule has 1 heterocycles. The zero-order valence-electron chi connectivity index (χ0n) is 12.3. The Morgan fingerprint density at radius 3 is 2.65 bits per heavy atom. The first-order chi connectivity index (χ1) is 11.0. The molecule has 0 unspecified atom stereocenters. The molecule has 0 aliphatic heterocycles. The molecular formula is C18H13BrFNO2. The lowest BCUT2D eigenvalue weighted by Crippen LogP contribution is -2.11. The van der Waals surface area contributed by atoms with Crippen LogP contribution in [-0.4, -0.2) is 5.91 Å². The fourth-order valence-electron chi connectivity index (χ4n) is 2.17. The van der Waals surface area contributed by atoms with Crippen LogP contribution >= 0.6 is 15.9 Å². The van der Waals surface area contributed by atoms with E-state index in [1.807, 2.05) is 19.1 Å². The minimum absolute atomic E-state index is 0.121. The van der Waals surface area contributed by atoms with Crippen molar-refractivity contribution in [2.45, 2.75) is 6.92 Å². The van der Waals surface area contributed by atoms with Crippen molar-refractivity contribution in [3.8, 4) is 11.3 Å². The highest BCUT2D eigenvalue weighted by Crippen LogP contribution is 2.27. The first-order valence-electron chi connectivity index (χ1n) is 6.97. The van der Waals surface area contributed by atoms with E-state index in [1.54, 1.807) is 30.3 Å². The summed E-state index contributed by atoms with van der Waals surface area (Å²) < 4.78 is 20.0. The topological polar surface area (TPSA) is 42.2 Å². The summed E-state index contributed by atoms with van der Waals surface area (Å²) in [6.45, 7) is 1.96. The maximum Gasteiger partial charge on any atom is 0.291 e. The van der Waals surface area contributed by atoms with Gasteiger partial charge in [0.2, 0.25) is 0 Å². The largest absolute Gasteiger partial charge is 0.451 e. The van der Waals surface area contributed by atoms with Crippen LogP contribution in [0.4, 0.5) is 10.1 Å². The van der Waals surface area contributed by atoms with Gasteiger partial charge < -0.3 is 9.73 Å². The maximum absolute atomic E-state index is 13.8. The number of carbonyl (C=O) groups is 1. The van der Waals surface area contributed by atoms with E-state index < -0.39 is 11.7 Å². The maximum atomic E-state index is 13.8. The summed E-state index contributed by atoms with van der Waals surface area (Å²) in [5.74, 6) is -0.348. The molecule has 2 aromatic carbocycles. The number of hydrogen-bond acceptors (Lipinski definition) is 2. The number of anilines is 1. The number of benzene rings is 2. The third-order valence-corrected chi connectivity index (χ3v) is 4.00. The number of nitrogens with one attached hydrogen (secondary N) is 1. The van der Waals surface area contributed by atoms with Crippen LogP contribution in [0.15, 0.2) is 63.5 Å². The summed E-state index contributed by atoms with van der Waals surface area (Å²) >= 11 is 3.40. The summed E-state index contributed by atoms with van der Waals surface area (Å²) in [7, 11) is 0. The van der Waals surface area contributed by atoms with E-state index in [9.17, 15) is 9.18 Å². The third kappa shape index (κ3) is 3.35. The third-order valence-electron chi connectivity index (χ3n) is 3.34. The van der Waals surface area contributed by atoms with Gasteiger partial charge in [0.15, 0.2) is 5.76 Å². The molecule has 1 amide bonds. The van der Waals surface area contributed by atoms with Crippen LogP contribution in [0.2, 0.25) is 0 Å². The van der Waals surface area contributed by atoms with Gasteiger partial charge in [-0.15, -0.1) is 0 Å². The number of amides is 1. The molecule has 0 aliphatic rings. The second-order valence-corrected chi connectivity index (χ2v) is 5.94. The second kappa shape index (κ2) is 6.38. The Kier molecular flexibility index (Phi) is 4.30. The Morgan fingerprint density at radius 1 is 1.13 bits per heavy atom. The Labute approximate surface area is 141 Å². The highest BCUT2D eigenvalue weighted by molar-refractivity contribution is 9.10. The van der Waals surface area contributed by atoms with Crippen LogP contribution in [0.25, 0.3) is 11.3 Å². The smallest absolute Gasteiger partial charge is 0.291 e. The van der Waals surface area contributed by atoms with Crippen molar-refractivity contribution in [2.75, 3.05) is 5.32 Å². The van der Waals surface area contributed by atoms with Crippen LogP contribution in [0, 0.1) is 12.7 Å². The number of hydrogen-bond donors (Lipinski definition) is 1. The lowest BCUT2D eigenvalue weighted by molar-refractivity contribution is 0.0997. The summed E-state index contributed by atoms with van der Waals surface area (Å²) in [6, 6.07) is 15.0. The average molecular weight is 374 g/mol. The average Bonchev–Trinajstić information content (AvgIpc) is 3.00. The standard InChI is InChI=1S/C18H13BrFNO2/c1-11-6-7-15(13(19)10-11)21-18(22)17-9-8-16(23-17)12-4-2-3-5-14(12)20/h2-10H,1H3,(H,21,22). The van der Waals surface area contributed by atoms with Crippen LogP contribution in [-0.2, 0) is 0 Å². The van der Waals surface area contributed by atoms with Crippen molar-refractivity contribution in [1.82, 2.24) is 0 Å². The molecule has 0 spiro atoms. The van der Waals surface area contributed by atoms with Crippen molar-refractivity contribution in [3.63, 3.8) is 0 Å². The summed E-state index contributed by atoms with van der Waals surface area (Å²) in [6.07, 6.45) is 0. The molecule has 0 atom stereocenters. The molecule has 0 bridgehead atoms. The molecule has 0 fully saturated rings. The van der Waals surface area contributed by atoms with E-state index >= 15 is 0 Å². The zero-order valence-corrected chi connectivity index (χ0v) is 13.9. The predicted octanol–water partition coefficient (Wildman–Crippen LogP) is 5.41. The molecule has 3 aromatic rings. The number of rotatable bonds is 3. The van der Waals surface area contributed by atoms with Gasteiger partial charge in [0.1, 0.15) is 11.6 Å². The van der Waals surface area contributed by atoms with E-state index in [2.05, 4.69) is 21.2 Å². The Bertz CT molecular complexity index is 873. The van der Waals surface area contributed by atoms with Crippen molar-refractivity contribution in [2.24, 2.45) is 0 Å². The Hall–Kier alpha value is -2.40. The van der Waals surface area contributed by atoms with Crippen molar-refractivity contribution in [1.29, 1.82) is 0 Å². The van der Waals surface area contributed by atoms with Crippen LogP contribution in [0.1, 0.15) is 16.1 Å². The quantitative estimate of drug-likeness (QED) is 0.666. The fourth-order valence-corrected chi connectivity index (χ4v) is 2.76. The predicted molar refractivity (Wildman–Crippen MR) is 90.9 cm³/mol. The van der Waals surface area contributed by atoms with Crippen LogP contribution in [0.5, 0.6) is 0 Å². The van der Waals surface area contributed by atoms with E-state index in [0.29, 0.717) is 17.0 Å². The first-order valence-corrected chi connectivity index (χ1v) is 7.76. The first kappa shape index (κ1) is 15.5. The molecule has 0 radical (unpaired) electrons.